The van der Waals surface area contributed by atoms with Gasteiger partial charge in [-0.05, 0) is 25.8 Å². The monoisotopic (exact) mass is 375 g/mol. The number of anilines is 1. The van der Waals surface area contributed by atoms with Crippen LogP contribution in [0.5, 0.6) is 0 Å². The molecule has 1 fully saturated rings. The van der Waals surface area contributed by atoms with Crippen LogP contribution in [0.25, 0.3) is 10.2 Å². The molecule has 25 heavy (non-hydrogen) atoms. The quantitative estimate of drug-likeness (QED) is 0.506. The normalized spacial score (nSPS) is 16.0. The number of aromatic amines is 1. The van der Waals surface area contributed by atoms with Crippen molar-refractivity contribution in [3.05, 3.63) is 23.5 Å². The average Bonchev–Trinajstić information content (AvgIpc) is 3.27. The summed E-state index contributed by atoms with van der Waals surface area (Å²) < 4.78 is 0. The molecule has 0 amide bonds. The van der Waals surface area contributed by atoms with Gasteiger partial charge in [0.05, 0.1) is 11.6 Å². The van der Waals surface area contributed by atoms with Gasteiger partial charge in [0.25, 0.3) is 0 Å². The first-order valence-electron chi connectivity index (χ1n) is 8.47. The van der Waals surface area contributed by atoms with Gasteiger partial charge >= 0.3 is 0 Å². The summed E-state index contributed by atoms with van der Waals surface area (Å²) in [6.45, 7) is 5.19. The van der Waals surface area contributed by atoms with E-state index >= 15 is 0 Å². The molecule has 0 aliphatic carbocycles. The van der Waals surface area contributed by atoms with Crippen LogP contribution in [-0.4, -0.2) is 56.8 Å². The molecule has 2 N–H and O–H groups in total. The highest BCUT2D eigenvalue weighted by Crippen LogP contribution is 2.31. The zero-order valence-electron chi connectivity index (χ0n) is 14.1. The van der Waals surface area contributed by atoms with Crippen molar-refractivity contribution in [1.29, 1.82) is 0 Å². The zero-order valence-corrected chi connectivity index (χ0v) is 15.7. The Morgan fingerprint density at radius 2 is 2.24 bits per heavy atom. The van der Waals surface area contributed by atoms with E-state index in [2.05, 4.69) is 48.6 Å². The first-order chi connectivity index (χ1) is 12.3. The molecule has 3 aromatic heterocycles. The molecule has 132 valence electrons. The van der Waals surface area contributed by atoms with E-state index in [0.29, 0.717) is 6.04 Å². The summed E-state index contributed by atoms with van der Waals surface area (Å²) in [6, 6.07) is 2.79. The molecule has 1 saturated heterocycles. The van der Waals surface area contributed by atoms with Gasteiger partial charge in [0.15, 0.2) is 0 Å². The topological polar surface area (TPSA) is 82.6 Å². The van der Waals surface area contributed by atoms with E-state index in [-0.39, 0.29) is 0 Å². The molecule has 4 heterocycles. The molecule has 1 aliphatic rings. The molecule has 0 spiro atoms. The number of aromatic nitrogens is 5. The fraction of sp³-hybridized carbons (Fsp3) is 0.500. The Hall–Kier alpha value is -1.71. The lowest BCUT2D eigenvalue weighted by Crippen LogP contribution is -2.43. The summed E-state index contributed by atoms with van der Waals surface area (Å²) in [6.07, 6.45) is 5.74. The minimum Gasteiger partial charge on any atom is -0.356 e. The highest BCUT2D eigenvalue weighted by molar-refractivity contribution is 7.99. The van der Waals surface area contributed by atoms with Crippen LogP contribution in [0.4, 0.5) is 5.82 Å². The van der Waals surface area contributed by atoms with Crippen LogP contribution >= 0.6 is 23.1 Å². The highest BCUT2D eigenvalue weighted by atomic mass is 32.2. The summed E-state index contributed by atoms with van der Waals surface area (Å²) in [5.41, 5.74) is 0. The lowest BCUT2D eigenvalue weighted by Gasteiger charge is -2.33. The van der Waals surface area contributed by atoms with E-state index in [1.54, 1.807) is 35.6 Å². The molecular formula is C16H21N7S2. The maximum absolute atomic E-state index is 4.55. The summed E-state index contributed by atoms with van der Waals surface area (Å²) in [5.74, 6) is 2.10. The first kappa shape index (κ1) is 16.7. The van der Waals surface area contributed by atoms with Crippen molar-refractivity contribution in [2.45, 2.75) is 30.8 Å². The number of hydrogen-bond acceptors (Lipinski definition) is 8. The largest absolute Gasteiger partial charge is 0.356 e. The van der Waals surface area contributed by atoms with Gasteiger partial charge in [-0.15, -0.1) is 28.2 Å². The molecule has 0 bridgehead atoms. The van der Waals surface area contributed by atoms with Gasteiger partial charge in [-0.3, -0.25) is 0 Å². The van der Waals surface area contributed by atoms with Gasteiger partial charge in [0.2, 0.25) is 0 Å². The molecule has 1 aliphatic heterocycles. The van der Waals surface area contributed by atoms with Gasteiger partial charge in [-0.2, -0.15) is 10.3 Å². The van der Waals surface area contributed by atoms with Crippen molar-refractivity contribution < 1.29 is 0 Å². The molecule has 7 nitrogen and oxygen atoms in total. The van der Waals surface area contributed by atoms with E-state index in [0.717, 1.165) is 53.9 Å². The number of hydrogen-bond donors (Lipinski definition) is 2. The summed E-state index contributed by atoms with van der Waals surface area (Å²) in [7, 11) is 0. The molecule has 0 radical (unpaired) electrons. The molecule has 4 rings (SSSR count). The van der Waals surface area contributed by atoms with Crippen LogP contribution in [0.1, 0.15) is 17.7 Å². The number of H-pyrrole nitrogens is 1. The predicted molar refractivity (Wildman–Crippen MR) is 102 cm³/mol. The SMILES string of the molecule is Cc1cc2c(N3CCC(NCCSc4cn[nH]n4)CC3)ncnc2s1. The number of nitrogens with one attached hydrogen (secondary N) is 2. The van der Waals surface area contributed by atoms with Crippen LogP contribution in [0.15, 0.2) is 23.6 Å². The third-order valence-electron chi connectivity index (χ3n) is 4.40. The number of piperidine rings is 1. The van der Waals surface area contributed by atoms with E-state index in [1.807, 2.05) is 0 Å². The Labute approximate surface area is 154 Å². The minimum atomic E-state index is 0.579. The Bertz CT molecular complexity index is 809. The first-order valence-corrected chi connectivity index (χ1v) is 10.3. The van der Waals surface area contributed by atoms with Gasteiger partial charge in [0, 0.05) is 36.3 Å². The van der Waals surface area contributed by atoms with Gasteiger partial charge in [0.1, 0.15) is 22.0 Å². The lowest BCUT2D eigenvalue weighted by molar-refractivity contribution is 0.424. The zero-order chi connectivity index (χ0) is 17.1. The highest BCUT2D eigenvalue weighted by Gasteiger charge is 2.21. The molecule has 3 aromatic rings. The molecule has 0 aromatic carbocycles. The summed E-state index contributed by atoms with van der Waals surface area (Å²) in [5, 5.41) is 16.3. The van der Waals surface area contributed by atoms with Crippen molar-refractivity contribution in [1.82, 2.24) is 30.7 Å². The number of nitrogens with zero attached hydrogens (tertiary/aromatic N) is 5. The van der Waals surface area contributed by atoms with Crippen LogP contribution in [0.2, 0.25) is 0 Å². The summed E-state index contributed by atoms with van der Waals surface area (Å²) >= 11 is 3.46. The van der Waals surface area contributed by atoms with Crippen LogP contribution in [-0.2, 0) is 0 Å². The van der Waals surface area contributed by atoms with Crippen molar-refractivity contribution in [2.75, 3.05) is 30.3 Å². The number of rotatable bonds is 6. The molecule has 0 atom stereocenters. The van der Waals surface area contributed by atoms with Gasteiger partial charge < -0.3 is 10.2 Å². The predicted octanol–water partition coefficient (Wildman–Crippen LogP) is 2.47. The van der Waals surface area contributed by atoms with Crippen molar-refractivity contribution in [3.8, 4) is 0 Å². The van der Waals surface area contributed by atoms with E-state index in [9.17, 15) is 0 Å². The molecule has 0 saturated carbocycles. The number of thiophene rings is 1. The third-order valence-corrected chi connectivity index (χ3v) is 6.26. The van der Waals surface area contributed by atoms with Crippen molar-refractivity contribution in [2.24, 2.45) is 0 Å². The maximum Gasteiger partial charge on any atom is 0.140 e. The van der Waals surface area contributed by atoms with E-state index < -0.39 is 0 Å². The van der Waals surface area contributed by atoms with E-state index in [1.165, 1.54) is 10.3 Å². The Morgan fingerprint density at radius 1 is 1.36 bits per heavy atom. The fourth-order valence-electron chi connectivity index (χ4n) is 3.19. The van der Waals surface area contributed by atoms with Gasteiger partial charge in [-0.25, -0.2) is 9.97 Å². The molecular weight excluding hydrogens is 354 g/mol. The summed E-state index contributed by atoms with van der Waals surface area (Å²) in [4.78, 5) is 13.7. The van der Waals surface area contributed by atoms with Crippen LogP contribution < -0.4 is 10.2 Å². The fourth-order valence-corrected chi connectivity index (χ4v) is 4.69. The standard InChI is InChI=1S/C16H21N7S2/c1-11-8-13-15(18-10-19-16(13)25-11)23-5-2-12(3-6-23)17-4-7-24-14-9-20-22-21-14/h8-10,12,17H,2-7H2,1H3,(H,20,21,22). The minimum absolute atomic E-state index is 0.579. The number of aryl methyl sites for hydroxylation is 1. The van der Waals surface area contributed by atoms with Crippen LogP contribution in [0.3, 0.4) is 0 Å². The second-order valence-electron chi connectivity index (χ2n) is 6.15. The molecule has 0 unspecified atom stereocenters. The average molecular weight is 376 g/mol. The van der Waals surface area contributed by atoms with Crippen molar-refractivity contribution in [3.63, 3.8) is 0 Å². The molecule has 9 heteroatoms. The number of thioether (sulfide) groups is 1. The second kappa shape index (κ2) is 7.67. The van der Waals surface area contributed by atoms with Gasteiger partial charge in [-0.1, -0.05) is 0 Å². The van der Waals surface area contributed by atoms with Crippen LogP contribution in [0, 0.1) is 6.92 Å². The Balaban J connectivity index is 1.27. The Morgan fingerprint density at radius 3 is 3.04 bits per heavy atom. The maximum atomic E-state index is 4.55. The Kier molecular flexibility index (Phi) is 5.14. The third kappa shape index (κ3) is 3.94. The van der Waals surface area contributed by atoms with Crippen molar-refractivity contribution >= 4 is 39.1 Å². The lowest BCUT2D eigenvalue weighted by atomic mass is 10.0. The van der Waals surface area contributed by atoms with E-state index in [4.69, 9.17) is 0 Å². The number of fused-ring (bicyclic) bond motifs is 1. The second-order valence-corrected chi connectivity index (χ2v) is 8.50. The smallest absolute Gasteiger partial charge is 0.140 e.